The largest absolute Gasteiger partial charge is 0.320 e. The number of halogens is 2. The van der Waals surface area contributed by atoms with E-state index < -0.39 is 0 Å². The Kier molecular flexibility index (Phi) is 4.47. The molecule has 0 saturated heterocycles. The molecule has 0 radical (unpaired) electrons. The van der Waals surface area contributed by atoms with E-state index >= 15 is 0 Å². The van der Waals surface area contributed by atoms with Crippen molar-refractivity contribution in [2.45, 2.75) is 12.7 Å². The van der Waals surface area contributed by atoms with Crippen molar-refractivity contribution < 1.29 is 0 Å². The van der Waals surface area contributed by atoms with E-state index in [4.69, 9.17) is 28.9 Å². The van der Waals surface area contributed by atoms with Gasteiger partial charge in [-0.2, -0.15) is 0 Å². The molecule has 0 fully saturated rings. The standard InChI is InChI=1S/C13H16Cl2N4/c1-18(2)8-19-6-5-17-13(19)12(16)10-4-3-9(14)7-11(10)15/h3-7,12H,8,16H2,1-2H3. The summed E-state index contributed by atoms with van der Waals surface area (Å²) in [6.45, 7) is 0.717. The number of hydrogen-bond acceptors (Lipinski definition) is 3. The second-order valence-corrected chi connectivity index (χ2v) is 5.46. The van der Waals surface area contributed by atoms with E-state index in [2.05, 4.69) is 4.98 Å². The molecule has 1 heterocycles. The number of aromatic nitrogens is 2. The average Bonchev–Trinajstić information content (AvgIpc) is 2.75. The Balaban J connectivity index is 2.33. The lowest BCUT2D eigenvalue weighted by Crippen LogP contribution is -2.23. The van der Waals surface area contributed by atoms with Gasteiger partial charge in [0.2, 0.25) is 0 Å². The molecule has 2 N–H and O–H groups in total. The summed E-state index contributed by atoms with van der Waals surface area (Å²) in [4.78, 5) is 6.37. The fourth-order valence-corrected chi connectivity index (χ4v) is 2.44. The maximum absolute atomic E-state index is 6.26. The second kappa shape index (κ2) is 5.92. The predicted octanol–water partition coefficient (Wildman–Crippen LogP) is 2.76. The molecule has 2 rings (SSSR count). The zero-order valence-corrected chi connectivity index (χ0v) is 12.4. The van der Waals surface area contributed by atoms with E-state index in [0.717, 1.165) is 11.4 Å². The number of imidazole rings is 1. The molecule has 1 aromatic heterocycles. The zero-order valence-electron chi connectivity index (χ0n) is 10.8. The molecule has 1 aromatic carbocycles. The molecule has 1 unspecified atom stereocenters. The Hall–Kier alpha value is -1.07. The molecule has 0 aliphatic heterocycles. The van der Waals surface area contributed by atoms with Gasteiger partial charge in [-0.3, -0.25) is 4.90 Å². The van der Waals surface area contributed by atoms with Crippen LogP contribution >= 0.6 is 23.2 Å². The summed E-state index contributed by atoms with van der Waals surface area (Å²) in [6.07, 6.45) is 3.64. The molecule has 0 spiro atoms. The first-order valence-corrected chi connectivity index (χ1v) is 6.61. The third-order valence-corrected chi connectivity index (χ3v) is 3.32. The van der Waals surface area contributed by atoms with Crippen molar-refractivity contribution in [3.8, 4) is 0 Å². The zero-order chi connectivity index (χ0) is 14.0. The Morgan fingerprint density at radius 3 is 2.74 bits per heavy atom. The third-order valence-electron chi connectivity index (χ3n) is 2.76. The summed E-state index contributed by atoms with van der Waals surface area (Å²) >= 11 is 12.1. The van der Waals surface area contributed by atoms with Gasteiger partial charge >= 0.3 is 0 Å². The SMILES string of the molecule is CN(C)Cn1ccnc1C(N)c1ccc(Cl)cc1Cl. The Morgan fingerprint density at radius 1 is 1.37 bits per heavy atom. The maximum Gasteiger partial charge on any atom is 0.131 e. The van der Waals surface area contributed by atoms with E-state index in [1.807, 2.05) is 35.8 Å². The fraction of sp³-hybridized carbons (Fsp3) is 0.308. The Morgan fingerprint density at radius 2 is 2.11 bits per heavy atom. The summed E-state index contributed by atoms with van der Waals surface area (Å²) in [5.41, 5.74) is 7.08. The first-order valence-electron chi connectivity index (χ1n) is 5.85. The molecule has 4 nitrogen and oxygen atoms in total. The number of nitrogens with zero attached hydrogens (tertiary/aromatic N) is 3. The highest BCUT2D eigenvalue weighted by atomic mass is 35.5. The van der Waals surface area contributed by atoms with Gasteiger partial charge < -0.3 is 10.3 Å². The number of nitrogens with two attached hydrogens (primary N) is 1. The number of rotatable bonds is 4. The Labute approximate surface area is 122 Å². The van der Waals surface area contributed by atoms with Crippen LogP contribution in [0.3, 0.4) is 0 Å². The minimum Gasteiger partial charge on any atom is -0.320 e. The summed E-state index contributed by atoms with van der Waals surface area (Å²) < 4.78 is 2.00. The highest BCUT2D eigenvalue weighted by Gasteiger charge is 2.17. The average molecular weight is 299 g/mol. The topological polar surface area (TPSA) is 47.1 Å². The lowest BCUT2D eigenvalue weighted by molar-refractivity contribution is 0.318. The van der Waals surface area contributed by atoms with E-state index in [-0.39, 0.29) is 6.04 Å². The van der Waals surface area contributed by atoms with Gasteiger partial charge in [-0.25, -0.2) is 4.98 Å². The molecule has 0 aliphatic rings. The van der Waals surface area contributed by atoms with Gasteiger partial charge in [-0.1, -0.05) is 29.3 Å². The lowest BCUT2D eigenvalue weighted by Gasteiger charge is -2.18. The van der Waals surface area contributed by atoms with Gasteiger partial charge in [-0.15, -0.1) is 0 Å². The quantitative estimate of drug-likeness (QED) is 0.944. The van der Waals surface area contributed by atoms with E-state index in [1.165, 1.54) is 0 Å². The summed E-state index contributed by atoms with van der Waals surface area (Å²) in [6, 6.07) is 4.93. The van der Waals surface area contributed by atoms with Crippen LogP contribution in [0.5, 0.6) is 0 Å². The minimum atomic E-state index is -0.375. The van der Waals surface area contributed by atoms with Gasteiger partial charge in [-0.05, 0) is 31.8 Å². The molecule has 19 heavy (non-hydrogen) atoms. The van der Waals surface area contributed by atoms with Crippen molar-refractivity contribution in [1.82, 2.24) is 14.5 Å². The van der Waals surface area contributed by atoms with Gasteiger partial charge in [0.1, 0.15) is 5.82 Å². The highest BCUT2D eigenvalue weighted by Crippen LogP contribution is 2.28. The maximum atomic E-state index is 6.26. The lowest BCUT2D eigenvalue weighted by atomic mass is 10.1. The fourth-order valence-electron chi connectivity index (χ4n) is 1.92. The monoisotopic (exact) mass is 298 g/mol. The van der Waals surface area contributed by atoms with Crippen molar-refractivity contribution in [3.63, 3.8) is 0 Å². The summed E-state index contributed by atoms with van der Waals surface area (Å²) in [7, 11) is 3.98. The van der Waals surface area contributed by atoms with Crippen LogP contribution in [0.1, 0.15) is 17.4 Å². The van der Waals surface area contributed by atoms with Crippen LogP contribution in [0.25, 0.3) is 0 Å². The van der Waals surface area contributed by atoms with Crippen molar-refractivity contribution in [2.24, 2.45) is 5.73 Å². The van der Waals surface area contributed by atoms with Crippen LogP contribution in [0, 0.1) is 0 Å². The third kappa shape index (κ3) is 3.28. The van der Waals surface area contributed by atoms with Crippen LogP contribution in [0.2, 0.25) is 10.0 Å². The number of benzene rings is 1. The van der Waals surface area contributed by atoms with Crippen molar-refractivity contribution in [3.05, 3.63) is 52.0 Å². The van der Waals surface area contributed by atoms with Crippen molar-refractivity contribution in [2.75, 3.05) is 14.1 Å². The molecular weight excluding hydrogens is 283 g/mol. The van der Waals surface area contributed by atoms with Crippen LogP contribution in [0.4, 0.5) is 0 Å². The summed E-state index contributed by atoms with van der Waals surface area (Å²) in [5.74, 6) is 0.776. The molecule has 0 saturated carbocycles. The highest BCUT2D eigenvalue weighted by molar-refractivity contribution is 6.35. The van der Waals surface area contributed by atoms with E-state index in [0.29, 0.717) is 16.7 Å². The van der Waals surface area contributed by atoms with Crippen LogP contribution in [0.15, 0.2) is 30.6 Å². The van der Waals surface area contributed by atoms with Crippen LogP contribution in [-0.4, -0.2) is 28.5 Å². The summed E-state index contributed by atoms with van der Waals surface area (Å²) in [5, 5.41) is 1.15. The van der Waals surface area contributed by atoms with E-state index in [1.54, 1.807) is 18.3 Å². The molecule has 0 amide bonds. The number of hydrogen-bond donors (Lipinski definition) is 1. The van der Waals surface area contributed by atoms with Crippen molar-refractivity contribution in [1.29, 1.82) is 0 Å². The van der Waals surface area contributed by atoms with Gasteiger partial charge in [0.25, 0.3) is 0 Å². The second-order valence-electron chi connectivity index (χ2n) is 4.62. The van der Waals surface area contributed by atoms with Crippen LogP contribution in [-0.2, 0) is 6.67 Å². The van der Waals surface area contributed by atoms with E-state index in [9.17, 15) is 0 Å². The molecule has 0 bridgehead atoms. The van der Waals surface area contributed by atoms with Gasteiger partial charge in [0.05, 0.1) is 12.7 Å². The normalized spacial score (nSPS) is 12.9. The molecule has 1 atom stereocenters. The smallest absolute Gasteiger partial charge is 0.131 e. The van der Waals surface area contributed by atoms with Crippen molar-refractivity contribution >= 4 is 23.2 Å². The van der Waals surface area contributed by atoms with Gasteiger partial charge in [0, 0.05) is 22.4 Å². The minimum absolute atomic E-state index is 0.375. The molecule has 2 aromatic rings. The molecular formula is C13H16Cl2N4. The molecule has 102 valence electrons. The van der Waals surface area contributed by atoms with Gasteiger partial charge in [0.15, 0.2) is 0 Å². The van der Waals surface area contributed by atoms with Crippen LogP contribution < -0.4 is 5.73 Å². The predicted molar refractivity (Wildman–Crippen MR) is 78.4 cm³/mol. The molecule has 6 heteroatoms. The Bertz CT molecular complexity index is 566. The first-order chi connectivity index (χ1) is 8.99. The first kappa shape index (κ1) is 14.3. The molecule has 0 aliphatic carbocycles.